The van der Waals surface area contributed by atoms with Gasteiger partial charge in [-0.15, -0.1) is 0 Å². The number of aromatic amines is 1. The molecule has 2 rings (SSSR count). The number of H-pyrrole nitrogens is 1. The Kier molecular flexibility index (Phi) is 3.28. The van der Waals surface area contributed by atoms with Gasteiger partial charge in [-0.2, -0.15) is 4.39 Å². The number of ether oxygens (including phenoxy) is 1. The zero-order chi connectivity index (χ0) is 12.4. The van der Waals surface area contributed by atoms with Gasteiger partial charge in [0.1, 0.15) is 0 Å². The molecule has 1 saturated heterocycles. The molecule has 0 amide bonds. The van der Waals surface area contributed by atoms with E-state index in [2.05, 4.69) is 0 Å². The van der Waals surface area contributed by atoms with E-state index in [4.69, 9.17) is 4.74 Å². The second-order valence-electron chi connectivity index (χ2n) is 4.00. The van der Waals surface area contributed by atoms with Crippen LogP contribution in [0, 0.1) is 5.82 Å². The molecule has 7 heteroatoms. The summed E-state index contributed by atoms with van der Waals surface area (Å²) in [6.45, 7) is 0.629. The summed E-state index contributed by atoms with van der Waals surface area (Å²) in [5.41, 5.74) is -2.05. The van der Waals surface area contributed by atoms with Crippen molar-refractivity contribution < 1.29 is 14.2 Å². The van der Waals surface area contributed by atoms with Crippen LogP contribution in [-0.2, 0) is 11.3 Å². The zero-order valence-corrected chi connectivity index (χ0v) is 9.11. The van der Waals surface area contributed by atoms with E-state index in [-0.39, 0.29) is 12.6 Å². The van der Waals surface area contributed by atoms with Crippen molar-refractivity contribution in [2.75, 3.05) is 6.61 Å². The topological polar surface area (TPSA) is 84.3 Å². The van der Waals surface area contributed by atoms with Gasteiger partial charge in [-0.25, -0.2) is 4.79 Å². The molecule has 17 heavy (non-hydrogen) atoms. The van der Waals surface area contributed by atoms with Crippen molar-refractivity contribution in [1.82, 2.24) is 9.55 Å². The Balaban J connectivity index is 2.29. The molecule has 0 aromatic carbocycles. The van der Waals surface area contributed by atoms with Crippen molar-refractivity contribution in [3.05, 3.63) is 26.7 Å². The van der Waals surface area contributed by atoms with Crippen LogP contribution in [0.3, 0.4) is 0 Å². The van der Waals surface area contributed by atoms with E-state index in [9.17, 15) is 19.1 Å². The minimum Gasteiger partial charge on any atom is -0.492 e. The molecular weight excluding hydrogens is 231 g/mol. The molecule has 94 valence electrons. The number of nitrogens with one attached hydrogen (secondary N) is 1. The fraction of sp³-hybridized carbons (Fsp3) is 0.600. The van der Waals surface area contributed by atoms with Gasteiger partial charge >= 0.3 is 5.69 Å². The van der Waals surface area contributed by atoms with E-state index >= 15 is 0 Å². The summed E-state index contributed by atoms with van der Waals surface area (Å²) in [5.74, 6) is -2.28. The number of halogens is 1. The number of rotatable bonds is 2. The third-order valence-corrected chi connectivity index (χ3v) is 2.78. The summed E-state index contributed by atoms with van der Waals surface area (Å²) in [6.07, 6.45) is 2.42. The highest BCUT2D eigenvalue weighted by Gasteiger charge is 2.19. The SMILES string of the molecule is O=c1[nH]c(=O)n(CC2CCCCO2)c(O)c1F. The molecule has 1 aliphatic heterocycles. The van der Waals surface area contributed by atoms with E-state index in [1.807, 2.05) is 0 Å². The van der Waals surface area contributed by atoms with Gasteiger partial charge < -0.3 is 9.84 Å². The molecule has 1 unspecified atom stereocenters. The van der Waals surface area contributed by atoms with E-state index in [0.717, 1.165) is 23.8 Å². The minimum absolute atomic E-state index is 0.0400. The summed E-state index contributed by atoms with van der Waals surface area (Å²) < 4.78 is 19.3. The molecule has 0 aliphatic carbocycles. The van der Waals surface area contributed by atoms with Crippen LogP contribution < -0.4 is 11.2 Å². The lowest BCUT2D eigenvalue weighted by molar-refractivity contribution is 0.00372. The number of hydrogen-bond acceptors (Lipinski definition) is 4. The maximum Gasteiger partial charge on any atom is 0.331 e. The first-order chi connectivity index (χ1) is 8.09. The Hall–Kier alpha value is -1.63. The summed E-state index contributed by atoms with van der Waals surface area (Å²) in [7, 11) is 0. The smallest absolute Gasteiger partial charge is 0.331 e. The standard InChI is InChI=1S/C10H13FN2O4/c11-7-8(14)12-10(16)13(9(7)15)5-6-3-1-2-4-17-6/h6,15H,1-5H2,(H,12,14,16). The second kappa shape index (κ2) is 4.70. The van der Waals surface area contributed by atoms with Gasteiger partial charge in [0, 0.05) is 6.61 Å². The van der Waals surface area contributed by atoms with Crippen LogP contribution in [0.15, 0.2) is 9.59 Å². The zero-order valence-electron chi connectivity index (χ0n) is 9.11. The van der Waals surface area contributed by atoms with E-state index in [1.165, 1.54) is 0 Å². The fourth-order valence-electron chi connectivity index (χ4n) is 1.86. The Morgan fingerprint density at radius 2 is 2.24 bits per heavy atom. The van der Waals surface area contributed by atoms with Crippen LogP contribution in [-0.4, -0.2) is 27.4 Å². The Morgan fingerprint density at radius 1 is 1.47 bits per heavy atom. The quantitative estimate of drug-likeness (QED) is 0.764. The van der Waals surface area contributed by atoms with Gasteiger partial charge in [0.25, 0.3) is 5.56 Å². The van der Waals surface area contributed by atoms with Crippen molar-refractivity contribution in [3.8, 4) is 5.88 Å². The lowest BCUT2D eigenvalue weighted by Gasteiger charge is -2.23. The van der Waals surface area contributed by atoms with Crippen molar-refractivity contribution in [3.63, 3.8) is 0 Å². The maximum atomic E-state index is 13.1. The van der Waals surface area contributed by atoms with Crippen LogP contribution in [0.4, 0.5) is 4.39 Å². The largest absolute Gasteiger partial charge is 0.492 e. The summed E-state index contributed by atoms with van der Waals surface area (Å²) in [5, 5.41) is 9.40. The van der Waals surface area contributed by atoms with Crippen LogP contribution in [0.2, 0.25) is 0 Å². The lowest BCUT2D eigenvalue weighted by Crippen LogP contribution is -2.36. The lowest BCUT2D eigenvalue weighted by atomic mass is 10.1. The number of aromatic nitrogens is 2. The molecule has 1 aromatic rings. The first kappa shape index (κ1) is 11.8. The summed E-state index contributed by atoms with van der Waals surface area (Å²) in [6, 6.07) is 0. The first-order valence-corrected chi connectivity index (χ1v) is 5.43. The summed E-state index contributed by atoms with van der Waals surface area (Å²) in [4.78, 5) is 24.1. The van der Waals surface area contributed by atoms with Crippen LogP contribution in [0.5, 0.6) is 5.88 Å². The third-order valence-electron chi connectivity index (χ3n) is 2.78. The van der Waals surface area contributed by atoms with Gasteiger partial charge in [0.15, 0.2) is 0 Å². The highest BCUT2D eigenvalue weighted by atomic mass is 19.1. The summed E-state index contributed by atoms with van der Waals surface area (Å²) >= 11 is 0. The van der Waals surface area contributed by atoms with Gasteiger partial charge in [-0.3, -0.25) is 14.3 Å². The monoisotopic (exact) mass is 244 g/mol. The molecule has 1 fully saturated rings. The molecular formula is C10H13FN2O4. The second-order valence-corrected chi connectivity index (χ2v) is 4.00. The van der Waals surface area contributed by atoms with Crippen molar-refractivity contribution in [2.45, 2.75) is 31.9 Å². The Labute approximate surface area is 95.7 Å². The third kappa shape index (κ3) is 2.38. The van der Waals surface area contributed by atoms with E-state index < -0.39 is 22.9 Å². The molecule has 0 spiro atoms. The highest BCUT2D eigenvalue weighted by Crippen LogP contribution is 2.16. The molecule has 1 aliphatic rings. The van der Waals surface area contributed by atoms with Gasteiger partial charge in [-0.05, 0) is 19.3 Å². The first-order valence-electron chi connectivity index (χ1n) is 5.43. The van der Waals surface area contributed by atoms with Gasteiger partial charge in [-0.1, -0.05) is 0 Å². The minimum atomic E-state index is -1.35. The van der Waals surface area contributed by atoms with Crippen molar-refractivity contribution in [2.24, 2.45) is 0 Å². The molecule has 0 saturated carbocycles. The van der Waals surface area contributed by atoms with E-state index in [0.29, 0.717) is 6.61 Å². The van der Waals surface area contributed by atoms with Crippen LogP contribution >= 0.6 is 0 Å². The number of hydrogen-bond donors (Lipinski definition) is 2. The van der Waals surface area contributed by atoms with Gasteiger partial charge in [0.2, 0.25) is 11.7 Å². The maximum absolute atomic E-state index is 13.1. The molecule has 6 nitrogen and oxygen atoms in total. The highest BCUT2D eigenvalue weighted by molar-refractivity contribution is 5.09. The van der Waals surface area contributed by atoms with Crippen LogP contribution in [0.25, 0.3) is 0 Å². The number of aromatic hydroxyl groups is 1. The fourth-order valence-corrected chi connectivity index (χ4v) is 1.86. The molecule has 2 heterocycles. The van der Waals surface area contributed by atoms with Crippen molar-refractivity contribution in [1.29, 1.82) is 0 Å². The molecule has 1 atom stereocenters. The Morgan fingerprint density at radius 3 is 2.88 bits per heavy atom. The molecule has 2 N–H and O–H groups in total. The van der Waals surface area contributed by atoms with E-state index in [1.54, 1.807) is 4.98 Å². The van der Waals surface area contributed by atoms with Gasteiger partial charge in [0.05, 0.1) is 12.6 Å². The Bertz CT molecular complexity index is 516. The predicted molar refractivity (Wildman–Crippen MR) is 56.5 cm³/mol. The van der Waals surface area contributed by atoms with Crippen molar-refractivity contribution >= 4 is 0 Å². The molecule has 0 bridgehead atoms. The molecule has 0 radical (unpaired) electrons. The number of nitrogens with zero attached hydrogens (tertiary/aromatic N) is 1. The average molecular weight is 244 g/mol. The van der Waals surface area contributed by atoms with Crippen LogP contribution in [0.1, 0.15) is 19.3 Å². The average Bonchev–Trinajstić information content (AvgIpc) is 2.33. The predicted octanol–water partition coefficient (Wildman–Crippen LogP) is -0.0496. The molecule has 1 aromatic heterocycles. The normalized spacial score (nSPS) is 20.4.